The van der Waals surface area contributed by atoms with Crippen LogP contribution in [0.25, 0.3) is 10.4 Å². The van der Waals surface area contributed by atoms with Gasteiger partial charge in [0, 0.05) is 5.56 Å². The molecular formula is C13H11NaO4S4. The van der Waals surface area contributed by atoms with Gasteiger partial charge in [0.2, 0.25) is 0 Å². The molecule has 0 N–H and O–H groups in total. The van der Waals surface area contributed by atoms with E-state index in [1.165, 1.54) is 26.7 Å². The predicted octanol–water partition coefficient (Wildman–Crippen LogP) is 0.611. The van der Waals surface area contributed by atoms with E-state index in [0.717, 1.165) is 38.2 Å². The third kappa shape index (κ3) is 3.34. The van der Waals surface area contributed by atoms with Crippen molar-refractivity contribution in [1.82, 2.24) is 0 Å². The molecule has 0 unspecified atom stereocenters. The Morgan fingerprint density at radius 3 is 2.68 bits per heavy atom. The van der Waals surface area contributed by atoms with E-state index in [4.69, 9.17) is 17.0 Å². The van der Waals surface area contributed by atoms with Crippen molar-refractivity contribution in [3.8, 4) is 16.2 Å². The summed E-state index contributed by atoms with van der Waals surface area (Å²) >= 11 is 5.30. The molecule has 0 bridgehead atoms. The van der Waals surface area contributed by atoms with E-state index in [9.17, 15) is 13.0 Å². The molecule has 1 heterocycles. The maximum Gasteiger partial charge on any atom is 1.00 e. The van der Waals surface area contributed by atoms with Gasteiger partial charge in [0.05, 0.1) is 16.4 Å². The Morgan fingerprint density at radius 1 is 1.32 bits per heavy atom. The number of ether oxygens (including phenoxy) is 1. The molecule has 0 saturated heterocycles. The summed E-state index contributed by atoms with van der Waals surface area (Å²) in [5, 5.41) is 0. The third-order valence-corrected chi connectivity index (χ3v) is 7.38. The van der Waals surface area contributed by atoms with Gasteiger partial charge in [0.15, 0.2) is 0 Å². The van der Waals surface area contributed by atoms with Gasteiger partial charge in [0.25, 0.3) is 0 Å². The van der Waals surface area contributed by atoms with Crippen molar-refractivity contribution in [3.05, 3.63) is 27.1 Å². The van der Waals surface area contributed by atoms with Gasteiger partial charge in [-0.15, -0.1) is 0 Å². The Bertz CT molecular complexity index is 867. The Kier molecular flexibility index (Phi) is 5.88. The molecule has 1 aliphatic rings. The first-order valence-electron chi connectivity index (χ1n) is 6.29. The van der Waals surface area contributed by atoms with E-state index in [1.807, 2.05) is 0 Å². The molecule has 0 amide bonds. The van der Waals surface area contributed by atoms with Crippen molar-refractivity contribution in [1.29, 1.82) is 0 Å². The number of hydrogen-bond acceptors (Lipinski definition) is 7. The molecule has 3 rings (SSSR count). The molecule has 0 aliphatic heterocycles. The Hall–Kier alpha value is 0.200. The molecule has 0 radical (unpaired) electrons. The zero-order valence-electron chi connectivity index (χ0n) is 12.0. The molecule has 22 heavy (non-hydrogen) atoms. The molecule has 0 atom stereocenters. The van der Waals surface area contributed by atoms with Gasteiger partial charge in [-0.25, -0.2) is 8.42 Å². The number of hydrogen-bond donors (Lipinski definition) is 0. The summed E-state index contributed by atoms with van der Waals surface area (Å²) < 4.78 is 40.6. The van der Waals surface area contributed by atoms with Crippen LogP contribution in [0.1, 0.15) is 18.1 Å². The van der Waals surface area contributed by atoms with Crippen molar-refractivity contribution in [2.45, 2.75) is 24.7 Å². The summed E-state index contributed by atoms with van der Waals surface area (Å²) in [6, 6.07) is 3.12. The number of fused-ring (bicyclic) bond motifs is 3. The van der Waals surface area contributed by atoms with E-state index in [2.05, 4.69) is 0 Å². The molecule has 1 aromatic carbocycles. The summed E-state index contributed by atoms with van der Waals surface area (Å²) in [4.78, 5) is 0.694. The SMILES string of the molecule is CCOc1cc2c(cc1S(=O)(=O)[O-])-c1ssc(=S)c1CC2.[Na+]. The fourth-order valence-corrected chi connectivity index (χ4v) is 6.10. The van der Waals surface area contributed by atoms with Gasteiger partial charge in [-0.2, -0.15) is 0 Å². The third-order valence-electron chi connectivity index (χ3n) is 3.35. The maximum absolute atomic E-state index is 11.5. The van der Waals surface area contributed by atoms with Crippen LogP contribution in [0.3, 0.4) is 0 Å². The van der Waals surface area contributed by atoms with Gasteiger partial charge in [-0.1, -0.05) is 32.9 Å². The molecule has 0 fully saturated rings. The van der Waals surface area contributed by atoms with E-state index in [-0.39, 0.29) is 40.2 Å². The van der Waals surface area contributed by atoms with Crippen LogP contribution in [0.4, 0.5) is 0 Å². The standard InChI is InChI=1S/C13H12O4S4.Na/c1-2-17-10-5-7-3-4-8-12(19-20-13(8)18)9(7)6-11(10)21(14,15)16;/h5-6H,2-4H2,1H3,(H,14,15,16);/q;+1/p-1. The van der Waals surface area contributed by atoms with Crippen molar-refractivity contribution in [2.24, 2.45) is 0 Å². The van der Waals surface area contributed by atoms with Gasteiger partial charge >= 0.3 is 29.6 Å². The van der Waals surface area contributed by atoms with Crippen LogP contribution in [0, 0.1) is 3.82 Å². The first kappa shape index (κ1) is 18.5. The Labute approximate surface area is 163 Å². The van der Waals surface area contributed by atoms with E-state index < -0.39 is 10.1 Å². The summed E-state index contributed by atoms with van der Waals surface area (Å²) in [7, 11) is -1.54. The van der Waals surface area contributed by atoms with E-state index >= 15 is 0 Å². The fraction of sp³-hybridized carbons (Fsp3) is 0.308. The second-order valence-corrected chi connectivity index (χ2v) is 8.77. The molecule has 1 aromatic heterocycles. The summed E-state index contributed by atoms with van der Waals surface area (Å²) in [5.41, 5.74) is 2.89. The zero-order valence-corrected chi connectivity index (χ0v) is 17.3. The first-order valence-corrected chi connectivity index (χ1v) is 10.3. The van der Waals surface area contributed by atoms with Gasteiger partial charge in [-0.3, -0.25) is 0 Å². The van der Waals surface area contributed by atoms with Crippen LogP contribution in [0.15, 0.2) is 17.0 Å². The minimum atomic E-state index is -4.58. The minimum Gasteiger partial charge on any atom is -0.744 e. The van der Waals surface area contributed by atoms with Crippen molar-refractivity contribution < 1.29 is 47.3 Å². The molecule has 1 aliphatic carbocycles. The van der Waals surface area contributed by atoms with Gasteiger partial charge in [-0.05, 0) is 43.0 Å². The van der Waals surface area contributed by atoms with Gasteiger partial charge in [0.1, 0.15) is 19.7 Å². The summed E-state index contributed by atoms with van der Waals surface area (Å²) in [6.45, 7) is 2.06. The average Bonchev–Trinajstić information content (AvgIpc) is 2.79. The predicted molar refractivity (Wildman–Crippen MR) is 85.0 cm³/mol. The summed E-state index contributed by atoms with van der Waals surface area (Å²) in [6.07, 6.45) is 1.62. The van der Waals surface area contributed by atoms with Crippen molar-refractivity contribution in [2.75, 3.05) is 6.61 Å². The molecule has 9 heteroatoms. The van der Waals surface area contributed by atoms with E-state index in [1.54, 1.807) is 13.0 Å². The zero-order chi connectivity index (χ0) is 15.2. The normalized spacial score (nSPS) is 13.0. The fourth-order valence-electron chi connectivity index (χ4n) is 2.44. The van der Waals surface area contributed by atoms with Crippen LogP contribution >= 0.6 is 32.9 Å². The number of rotatable bonds is 3. The Morgan fingerprint density at radius 2 is 2.05 bits per heavy atom. The van der Waals surface area contributed by atoms with E-state index in [0.29, 0.717) is 6.61 Å². The molecule has 112 valence electrons. The second kappa shape index (κ2) is 6.98. The van der Waals surface area contributed by atoms with Crippen LogP contribution in [-0.2, 0) is 23.0 Å². The minimum absolute atomic E-state index is 0. The molecule has 2 aromatic rings. The molecule has 4 nitrogen and oxygen atoms in total. The second-order valence-electron chi connectivity index (χ2n) is 4.61. The smallest absolute Gasteiger partial charge is 0.744 e. The van der Waals surface area contributed by atoms with Crippen LogP contribution in [-0.4, -0.2) is 19.6 Å². The Balaban J connectivity index is 0.00000176. The maximum atomic E-state index is 11.5. The van der Waals surface area contributed by atoms with Crippen LogP contribution < -0.4 is 34.3 Å². The molecule has 0 spiro atoms. The largest absolute Gasteiger partial charge is 1.00 e. The van der Waals surface area contributed by atoms with Crippen LogP contribution in [0.2, 0.25) is 0 Å². The summed E-state index contributed by atoms with van der Waals surface area (Å²) in [5.74, 6) is 0.147. The van der Waals surface area contributed by atoms with Gasteiger partial charge < -0.3 is 9.29 Å². The monoisotopic (exact) mass is 382 g/mol. The quantitative estimate of drug-likeness (QED) is 0.337. The number of benzene rings is 1. The van der Waals surface area contributed by atoms with Crippen molar-refractivity contribution in [3.63, 3.8) is 0 Å². The number of aryl methyl sites for hydroxylation is 1. The molecular weight excluding hydrogens is 371 g/mol. The molecule has 0 saturated carbocycles. The first-order chi connectivity index (χ1) is 9.91. The van der Waals surface area contributed by atoms with Crippen LogP contribution in [0.5, 0.6) is 5.75 Å². The van der Waals surface area contributed by atoms with Crippen molar-refractivity contribution >= 4 is 43.0 Å². The average molecular weight is 382 g/mol. The topological polar surface area (TPSA) is 66.4 Å².